The van der Waals surface area contributed by atoms with E-state index in [1.165, 1.54) is 6.07 Å². The van der Waals surface area contributed by atoms with E-state index in [0.29, 0.717) is 44.4 Å². The molecular formula is C22H27FN4O3. The zero-order valence-corrected chi connectivity index (χ0v) is 17.7. The van der Waals surface area contributed by atoms with Gasteiger partial charge < -0.3 is 19.3 Å². The molecule has 0 bridgehead atoms. The number of rotatable bonds is 4. The highest BCUT2D eigenvalue weighted by Crippen LogP contribution is 2.29. The first-order chi connectivity index (χ1) is 14.3. The summed E-state index contributed by atoms with van der Waals surface area (Å²) in [4.78, 5) is 24.5. The Morgan fingerprint density at radius 1 is 1.23 bits per heavy atom. The molecule has 2 aliphatic rings. The van der Waals surface area contributed by atoms with Crippen LogP contribution in [0.2, 0.25) is 0 Å². The Morgan fingerprint density at radius 3 is 2.83 bits per heavy atom. The summed E-state index contributed by atoms with van der Waals surface area (Å²) in [7, 11) is 0. The average molecular weight is 414 g/mol. The van der Waals surface area contributed by atoms with Crippen molar-refractivity contribution in [3.63, 3.8) is 0 Å². The number of hydrogen-bond acceptors (Lipinski definition) is 7. The van der Waals surface area contributed by atoms with E-state index in [0.717, 1.165) is 29.8 Å². The molecule has 2 aromatic rings. The quantitative estimate of drug-likeness (QED) is 0.563. The number of pyridine rings is 2. The summed E-state index contributed by atoms with van der Waals surface area (Å²) in [5, 5.41) is 0. The van der Waals surface area contributed by atoms with Gasteiger partial charge in [-0.3, -0.25) is 0 Å². The first-order valence-electron chi connectivity index (χ1n) is 10.3. The van der Waals surface area contributed by atoms with Crippen LogP contribution in [0.4, 0.5) is 15.9 Å². The summed E-state index contributed by atoms with van der Waals surface area (Å²) in [5.74, 6) is -0.296. The van der Waals surface area contributed by atoms with E-state index >= 15 is 0 Å². The van der Waals surface area contributed by atoms with Crippen LogP contribution in [-0.2, 0) is 22.4 Å². The molecule has 0 radical (unpaired) electrons. The second kappa shape index (κ2) is 8.18. The first kappa shape index (κ1) is 20.5. The zero-order valence-electron chi connectivity index (χ0n) is 17.7. The van der Waals surface area contributed by atoms with E-state index in [4.69, 9.17) is 9.47 Å². The summed E-state index contributed by atoms with van der Waals surface area (Å²) in [6, 6.07) is 5.22. The van der Waals surface area contributed by atoms with E-state index in [9.17, 15) is 9.18 Å². The number of ether oxygens (including phenoxy) is 2. The fourth-order valence-corrected chi connectivity index (χ4v) is 4.00. The van der Waals surface area contributed by atoms with Gasteiger partial charge in [0.2, 0.25) is 5.95 Å². The molecule has 0 aliphatic carbocycles. The van der Waals surface area contributed by atoms with Gasteiger partial charge in [0.05, 0.1) is 18.8 Å². The summed E-state index contributed by atoms with van der Waals surface area (Å²) < 4.78 is 25.2. The highest BCUT2D eigenvalue weighted by atomic mass is 19.1. The van der Waals surface area contributed by atoms with Gasteiger partial charge in [-0.2, -0.15) is 4.39 Å². The van der Waals surface area contributed by atoms with E-state index in [2.05, 4.69) is 14.9 Å². The normalized spacial score (nSPS) is 18.1. The molecule has 1 saturated heterocycles. The number of morpholine rings is 1. The van der Waals surface area contributed by atoms with Crippen molar-refractivity contribution in [3.8, 4) is 0 Å². The van der Waals surface area contributed by atoms with Crippen LogP contribution >= 0.6 is 0 Å². The van der Waals surface area contributed by atoms with Gasteiger partial charge in [0.25, 0.3) is 0 Å². The molecular weight excluding hydrogens is 387 g/mol. The molecule has 0 saturated carbocycles. The fourth-order valence-electron chi connectivity index (χ4n) is 4.00. The maximum Gasteiger partial charge on any atom is 0.356 e. The number of halogens is 1. The second-order valence-electron chi connectivity index (χ2n) is 8.27. The molecule has 0 unspecified atom stereocenters. The maximum absolute atomic E-state index is 14.4. The molecule has 2 aliphatic heterocycles. The van der Waals surface area contributed by atoms with Gasteiger partial charge in [-0.1, -0.05) is 0 Å². The SMILES string of the molecule is CCOC(=O)c1cc2c(cn1)CN(c1cc(N3CCOC(C)(C)C3)cc(F)n1)CC2. The molecule has 7 nitrogen and oxygen atoms in total. The molecule has 4 rings (SSSR count). The van der Waals surface area contributed by atoms with Crippen molar-refractivity contribution in [3.05, 3.63) is 47.2 Å². The molecule has 0 spiro atoms. The fraction of sp³-hybridized carbons (Fsp3) is 0.500. The van der Waals surface area contributed by atoms with Crippen LogP contribution in [-0.4, -0.2) is 54.4 Å². The molecule has 8 heteroatoms. The van der Waals surface area contributed by atoms with Gasteiger partial charge in [0, 0.05) is 50.2 Å². The van der Waals surface area contributed by atoms with Crippen molar-refractivity contribution >= 4 is 17.5 Å². The van der Waals surface area contributed by atoms with Crippen molar-refractivity contribution in [2.45, 2.75) is 39.3 Å². The van der Waals surface area contributed by atoms with Crippen LogP contribution in [0.25, 0.3) is 0 Å². The predicted octanol–water partition coefficient (Wildman–Crippen LogP) is 2.97. The largest absolute Gasteiger partial charge is 0.461 e. The molecule has 0 aromatic carbocycles. The summed E-state index contributed by atoms with van der Waals surface area (Å²) in [5.41, 5.74) is 2.94. The number of carbonyl (C=O) groups is 1. The van der Waals surface area contributed by atoms with Gasteiger partial charge in [0.1, 0.15) is 11.5 Å². The molecule has 160 valence electrons. The molecule has 0 N–H and O–H groups in total. The first-order valence-corrected chi connectivity index (χ1v) is 10.3. The predicted molar refractivity (Wildman–Crippen MR) is 111 cm³/mol. The Balaban J connectivity index is 1.54. The van der Waals surface area contributed by atoms with E-state index in [-0.39, 0.29) is 5.60 Å². The van der Waals surface area contributed by atoms with Crippen LogP contribution < -0.4 is 9.80 Å². The van der Waals surface area contributed by atoms with E-state index in [1.54, 1.807) is 19.2 Å². The minimum Gasteiger partial charge on any atom is -0.461 e. The maximum atomic E-state index is 14.4. The average Bonchev–Trinajstić information content (AvgIpc) is 2.72. The van der Waals surface area contributed by atoms with Gasteiger partial charge in [-0.05, 0) is 44.4 Å². The van der Waals surface area contributed by atoms with Gasteiger partial charge in [-0.15, -0.1) is 0 Å². The lowest BCUT2D eigenvalue weighted by Gasteiger charge is -2.39. The lowest BCUT2D eigenvalue weighted by Crippen LogP contribution is -2.48. The monoisotopic (exact) mass is 414 g/mol. The third-order valence-electron chi connectivity index (χ3n) is 5.46. The van der Waals surface area contributed by atoms with Crippen LogP contribution in [0.1, 0.15) is 42.4 Å². The Bertz CT molecular complexity index is 950. The number of aromatic nitrogens is 2. The molecule has 2 aromatic heterocycles. The highest BCUT2D eigenvalue weighted by Gasteiger charge is 2.28. The van der Waals surface area contributed by atoms with E-state index < -0.39 is 11.9 Å². The Kier molecular flexibility index (Phi) is 5.60. The van der Waals surface area contributed by atoms with Crippen LogP contribution in [0.15, 0.2) is 24.4 Å². The van der Waals surface area contributed by atoms with Gasteiger partial charge in [-0.25, -0.2) is 14.8 Å². The molecule has 1 fully saturated rings. The third-order valence-corrected chi connectivity index (χ3v) is 5.46. The second-order valence-corrected chi connectivity index (χ2v) is 8.27. The summed E-state index contributed by atoms with van der Waals surface area (Å²) in [6.45, 7) is 9.44. The molecule has 0 amide bonds. The smallest absolute Gasteiger partial charge is 0.356 e. The van der Waals surface area contributed by atoms with Gasteiger partial charge in [0.15, 0.2) is 0 Å². The van der Waals surface area contributed by atoms with Crippen LogP contribution in [0.5, 0.6) is 0 Å². The van der Waals surface area contributed by atoms with Crippen LogP contribution in [0, 0.1) is 5.95 Å². The van der Waals surface area contributed by atoms with Gasteiger partial charge >= 0.3 is 5.97 Å². The Morgan fingerprint density at radius 2 is 2.07 bits per heavy atom. The topological polar surface area (TPSA) is 67.8 Å². The Hall–Kier alpha value is -2.74. The molecule has 4 heterocycles. The van der Waals surface area contributed by atoms with Crippen molar-refractivity contribution in [1.29, 1.82) is 0 Å². The molecule has 0 atom stereocenters. The third kappa shape index (κ3) is 4.38. The number of hydrogen-bond donors (Lipinski definition) is 0. The number of fused-ring (bicyclic) bond motifs is 1. The van der Waals surface area contributed by atoms with Crippen molar-refractivity contribution in [1.82, 2.24) is 9.97 Å². The van der Waals surface area contributed by atoms with Crippen molar-refractivity contribution in [2.75, 3.05) is 42.6 Å². The van der Waals surface area contributed by atoms with E-state index in [1.807, 2.05) is 24.8 Å². The number of anilines is 2. The lowest BCUT2D eigenvalue weighted by molar-refractivity contribution is -0.0277. The van der Waals surface area contributed by atoms with Crippen LogP contribution in [0.3, 0.4) is 0 Å². The minimum atomic E-state index is -0.492. The standard InChI is InChI=1S/C22H27FN4O3/c1-4-29-21(28)18-9-15-5-6-26(13-16(15)12-24-18)20-11-17(10-19(23)25-20)27-7-8-30-22(2,3)14-27/h9-12H,4-8,13-14H2,1-3H3. The number of esters is 1. The zero-order chi connectivity index (χ0) is 21.3. The molecule has 30 heavy (non-hydrogen) atoms. The lowest BCUT2D eigenvalue weighted by atomic mass is 10.0. The highest BCUT2D eigenvalue weighted by molar-refractivity contribution is 5.87. The summed E-state index contributed by atoms with van der Waals surface area (Å²) >= 11 is 0. The van der Waals surface area contributed by atoms with Crippen molar-refractivity contribution < 1.29 is 18.7 Å². The van der Waals surface area contributed by atoms with Crippen molar-refractivity contribution in [2.24, 2.45) is 0 Å². The number of nitrogens with zero attached hydrogens (tertiary/aromatic N) is 4. The Labute approximate surface area is 175 Å². The number of carbonyl (C=O) groups excluding carboxylic acids is 1. The minimum absolute atomic E-state index is 0.273. The summed E-state index contributed by atoms with van der Waals surface area (Å²) in [6.07, 6.45) is 2.43.